The van der Waals surface area contributed by atoms with Crippen LogP contribution in [-0.4, -0.2) is 16.9 Å². The van der Waals surface area contributed by atoms with Crippen LogP contribution in [0.1, 0.15) is 40.2 Å². The Morgan fingerprint density at radius 1 is 1.47 bits per heavy atom. The topological polar surface area (TPSA) is 54.4 Å². The number of benzene rings is 1. The van der Waals surface area contributed by atoms with Gasteiger partial charge in [-0.2, -0.15) is 0 Å². The Labute approximate surface area is 87.7 Å². The van der Waals surface area contributed by atoms with E-state index in [2.05, 4.69) is 0 Å². The molecule has 1 N–H and O–H groups in total. The van der Waals surface area contributed by atoms with Crippen LogP contribution in [0.3, 0.4) is 0 Å². The zero-order chi connectivity index (χ0) is 11.0. The fourth-order valence-corrected chi connectivity index (χ4v) is 2.19. The van der Waals surface area contributed by atoms with Gasteiger partial charge in [-0.1, -0.05) is 18.2 Å². The standard InChI is InChI=1S/C12H12O3/c1-7-3-2-4-8-10(13)6-5-9(11(7)8)12(14)15/h2-4,9H,5-6H2,1H3,(H,14,15). The van der Waals surface area contributed by atoms with Crippen LogP contribution < -0.4 is 0 Å². The summed E-state index contributed by atoms with van der Waals surface area (Å²) in [5, 5.41) is 9.08. The summed E-state index contributed by atoms with van der Waals surface area (Å²) in [6.07, 6.45) is 0.763. The summed E-state index contributed by atoms with van der Waals surface area (Å²) < 4.78 is 0. The van der Waals surface area contributed by atoms with E-state index in [1.165, 1.54) is 0 Å². The summed E-state index contributed by atoms with van der Waals surface area (Å²) in [5.41, 5.74) is 2.20. The highest BCUT2D eigenvalue weighted by Gasteiger charge is 2.31. The van der Waals surface area contributed by atoms with Gasteiger partial charge in [0.2, 0.25) is 0 Å². The Morgan fingerprint density at radius 3 is 2.87 bits per heavy atom. The summed E-state index contributed by atoms with van der Waals surface area (Å²) in [6.45, 7) is 1.85. The monoisotopic (exact) mass is 204 g/mol. The van der Waals surface area contributed by atoms with Crippen LogP contribution in [0.25, 0.3) is 0 Å². The molecule has 1 aromatic rings. The van der Waals surface area contributed by atoms with Crippen molar-refractivity contribution >= 4 is 11.8 Å². The van der Waals surface area contributed by atoms with Crippen molar-refractivity contribution in [1.82, 2.24) is 0 Å². The molecule has 2 rings (SSSR count). The van der Waals surface area contributed by atoms with Crippen molar-refractivity contribution in [2.24, 2.45) is 0 Å². The number of fused-ring (bicyclic) bond motifs is 1. The lowest BCUT2D eigenvalue weighted by Crippen LogP contribution is -2.22. The number of Topliss-reactive ketones (excluding diaryl/α,β-unsaturated/α-hetero) is 1. The van der Waals surface area contributed by atoms with E-state index in [-0.39, 0.29) is 5.78 Å². The zero-order valence-corrected chi connectivity index (χ0v) is 8.49. The first-order valence-electron chi connectivity index (χ1n) is 4.97. The Hall–Kier alpha value is -1.64. The Bertz CT molecular complexity index is 434. The van der Waals surface area contributed by atoms with E-state index in [0.29, 0.717) is 24.0 Å². The molecule has 0 saturated heterocycles. The molecule has 1 atom stereocenters. The number of ketones is 1. The molecule has 0 spiro atoms. The van der Waals surface area contributed by atoms with E-state index in [1.54, 1.807) is 12.1 Å². The molecule has 0 bridgehead atoms. The van der Waals surface area contributed by atoms with Gasteiger partial charge in [0.25, 0.3) is 0 Å². The highest BCUT2D eigenvalue weighted by molar-refractivity contribution is 6.01. The minimum atomic E-state index is -0.835. The van der Waals surface area contributed by atoms with Crippen LogP contribution >= 0.6 is 0 Å². The van der Waals surface area contributed by atoms with Gasteiger partial charge in [-0.3, -0.25) is 9.59 Å². The normalized spacial score (nSPS) is 19.8. The van der Waals surface area contributed by atoms with Gasteiger partial charge in [0.15, 0.2) is 5.78 Å². The molecule has 15 heavy (non-hydrogen) atoms. The van der Waals surface area contributed by atoms with Crippen molar-refractivity contribution in [1.29, 1.82) is 0 Å². The lowest BCUT2D eigenvalue weighted by molar-refractivity contribution is -0.139. The molecule has 78 valence electrons. The molecule has 3 heteroatoms. The maximum absolute atomic E-state index is 11.6. The summed E-state index contributed by atoms with van der Waals surface area (Å²) in [7, 11) is 0. The van der Waals surface area contributed by atoms with Crippen LogP contribution in [0.5, 0.6) is 0 Å². The molecular formula is C12H12O3. The quantitative estimate of drug-likeness (QED) is 0.762. The first-order valence-corrected chi connectivity index (χ1v) is 4.97. The van der Waals surface area contributed by atoms with Crippen molar-refractivity contribution in [3.8, 4) is 0 Å². The number of carboxylic acid groups (broad SMARTS) is 1. The molecule has 0 amide bonds. The summed E-state index contributed by atoms with van der Waals surface area (Å²) in [4.78, 5) is 22.7. The van der Waals surface area contributed by atoms with Crippen molar-refractivity contribution in [2.45, 2.75) is 25.7 Å². The Morgan fingerprint density at radius 2 is 2.20 bits per heavy atom. The van der Waals surface area contributed by atoms with E-state index in [1.807, 2.05) is 13.0 Å². The first kappa shape index (κ1) is 9.90. The van der Waals surface area contributed by atoms with Crippen LogP contribution in [0.2, 0.25) is 0 Å². The van der Waals surface area contributed by atoms with Crippen molar-refractivity contribution in [2.75, 3.05) is 0 Å². The smallest absolute Gasteiger partial charge is 0.311 e. The van der Waals surface area contributed by atoms with Gasteiger partial charge in [0.05, 0.1) is 5.92 Å². The van der Waals surface area contributed by atoms with Gasteiger partial charge in [-0.05, 0) is 24.5 Å². The van der Waals surface area contributed by atoms with E-state index in [9.17, 15) is 9.59 Å². The molecular weight excluding hydrogens is 192 g/mol. The molecule has 0 radical (unpaired) electrons. The number of rotatable bonds is 1. The molecule has 1 unspecified atom stereocenters. The second kappa shape index (κ2) is 3.50. The number of carbonyl (C=O) groups excluding carboxylic acids is 1. The molecule has 0 saturated carbocycles. The highest BCUT2D eigenvalue weighted by Crippen LogP contribution is 2.33. The average molecular weight is 204 g/mol. The van der Waals surface area contributed by atoms with E-state index in [0.717, 1.165) is 5.56 Å². The van der Waals surface area contributed by atoms with Crippen LogP contribution in [0.15, 0.2) is 18.2 Å². The molecule has 0 fully saturated rings. The van der Waals surface area contributed by atoms with Crippen molar-refractivity contribution in [3.63, 3.8) is 0 Å². The lowest BCUT2D eigenvalue weighted by Gasteiger charge is -2.23. The third-order valence-corrected chi connectivity index (χ3v) is 2.93. The fourth-order valence-electron chi connectivity index (χ4n) is 2.19. The van der Waals surface area contributed by atoms with Crippen LogP contribution in [0.4, 0.5) is 0 Å². The minimum absolute atomic E-state index is 0.0613. The number of aryl methyl sites for hydroxylation is 1. The van der Waals surface area contributed by atoms with Gasteiger partial charge >= 0.3 is 5.97 Å². The Balaban J connectivity index is 2.61. The van der Waals surface area contributed by atoms with Gasteiger partial charge in [0, 0.05) is 12.0 Å². The number of carboxylic acids is 1. The predicted molar refractivity (Wildman–Crippen MR) is 55.1 cm³/mol. The molecule has 0 aliphatic heterocycles. The van der Waals surface area contributed by atoms with Crippen LogP contribution in [-0.2, 0) is 4.79 Å². The van der Waals surface area contributed by atoms with Crippen LogP contribution in [0, 0.1) is 6.92 Å². The third-order valence-electron chi connectivity index (χ3n) is 2.93. The Kier molecular flexibility index (Phi) is 2.31. The van der Waals surface area contributed by atoms with E-state index in [4.69, 9.17) is 5.11 Å². The molecule has 3 nitrogen and oxygen atoms in total. The number of hydrogen-bond donors (Lipinski definition) is 1. The number of aliphatic carboxylic acids is 1. The number of carbonyl (C=O) groups is 2. The van der Waals surface area contributed by atoms with Crippen molar-refractivity contribution in [3.05, 3.63) is 34.9 Å². The molecule has 0 heterocycles. The second-order valence-electron chi connectivity index (χ2n) is 3.89. The maximum Gasteiger partial charge on any atom is 0.311 e. The molecule has 1 aliphatic rings. The zero-order valence-electron chi connectivity index (χ0n) is 8.49. The molecule has 1 aliphatic carbocycles. The molecule has 0 aromatic heterocycles. The highest BCUT2D eigenvalue weighted by atomic mass is 16.4. The largest absolute Gasteiger partial charge is 0.481 e. The van der Waals surface area contributed by atoms with Gasteiger partial charge in [-0.25, -0.2) is 0 Å². The maximum atomic E-state index is 11.6. The summed E-state index contributed by atoms with van der Waals surface area (Å²) in [5.74, 6) is -1.29. The summed E-state index contributed by atoms with van der Waals surface area (Å²) >= 11 is 0. The van der Waals surface area contributed by atoms with Gasteiger partial charge in [0.1, 0.15) is 0 Å². The predicted octanol–water partition coefficient (Wildman–Crippen LogP) is 2.14. The van der Waals surface area contributed by atoms with Gasteiger partial charge < -0.3 is 5.11 Å². The second-order valence-corrected chi connectivity index (χ2v) is 3.89. The average Bonchev–Trinajstić information content (AvgIpc) is 2.19. The third kappa shape index (κ3) is 1.54. The van der Waals surface area contributed by atoms with Crippen molar-refractivity contribution < 1.29 is 14.7 Å². The first-order chi connectivity index (χ1) is 7.11. The minimum Gasteiger partial charge on any atom is -0.481 e. The SMILES string of the molecule is Cc1cccc2c1C(C(=O)O)CCC2=O. The van der Waals surface area contributed by atoms with E-state index < -0.39 is 11.9 Å². The fraction of sp³-hybridized carbons (Fsp3) is 0.333. The van der Waals surface area contributed by atoms with E-state index >= 15 is 0 Å². The van der Waals surface area contributed by atoms with Gasteiger partial charge in [-0.15, -0.1) is 0 Å². The number of hydrogen-bond acceptors (Lipinski definition) is 2. The lowest BCUT2D eigenvalue weighted by atomic mass is 9.80. The summed E-state index contributed by atoms with van der Waals surface area (Å²) in [6, 6.07) is 5.38. The molecule has 1 aromatic carbocycles.